The van der Waals surface area contributed by atoms with Crippen molar-refractivity contribution >= 4 is 18.4 Å². The molecule has 0 aromatic carbocycles. The first-order chi connectivity index (χ1) is 9.16. The van der Waals surface area contributed by atoms with Crippen molar-refractivity contribution in [1.82, 2.24) is 4.98 Å². The van der Waals surface area contributed by atoms with Crippen LogP contribution in [0.1, 0.15) is 40.3 Å². The topological polar surface area (TPSA) is 34.6 Å². The van der Waals surface area contributed by atoms with Crippen molar-refractivity contribution < 1.29 is 9.31 Å². The molecule has 0 spiro atoms. The molecule has 0 atom stereocenters. The van der Waals surface area contributed by atoms with Crippen LogP contribution in [0.5, 0.6) is 0 Å². The summed E-state index contributed by atoms with van der Waals surface area (Å²) in [6.07, 6.45) is 0. The van der Waals surface area contributed by atoms with E-state index in [9.17, 15) is 0 Å². The molecule has 0 radical (unpaired) electrons. The van der Waals surface area contributed by atoms with Gasteiger partial charge in [-0.2, -0.15) is 0 Å². The lowest BCUT2D eigenvalue weighted by Gasteiger charge is -2.32. The highest BCUT2D eigenvalue weighted by atomic mass is 16.7. The van der Waals surface area contributed by atoms with E-state index in [2.05, 4.69) is 50.6 Å². The van der Waals surface area contributed by atoms with Crippen molar-refractivity contribution in [2.45, 2.75) is 52.7 Å². The third kappa shape index (κ3) is 2.70. The fourth-order valence-electron chi connectivity index (χ4n) is 2.15. The predicted octanol–water partition coefficient (Wildman–Crippen LogP) is 2.15. The highest BCUT2D eigenvalue weighted by Crippen LogP contribution is 2.36. The monoisotopic (exact) mass is 276 g/mol. The zero-order valence-corrected chi connectivity index (χ0v) is 13.7. The molecule has 5 heteroatoms. The minimum Gasteiger partial charge on any atom is -0.399 e. The summed E-state index contributed by atoms with van der Waals surface area (Å²) >= 11 is 0. The SMILES string of the molecule is CCN(C)c1cc(B2OC(C)(C)C(C)(C)O2)cc(C)n1. The Morgan fingerprint density at radius 1 is 1.15 bits per heavy atom. The van der Waals surface area contributed by atoms with Crippen LogP contribution in [0.3, 0.4) is 0 Å². The van der Waals surface area contributed by atoms with Gasteiger partial charge in [-0.25, -0.2) is 4.98 Å². The minimum atomic E-state index is -0.328. The second kappa shape index (κ2) is 5.04. The molecule has 0 amide bonds. The maximum atomic E-state index is 6.10. The molecule has 0 unspecified atom stereocenters. The number of nitrogens with zero attached hydrogens (tertiary/aromatic N) is 2. The molecule has 1 aliphatic rings. The molecule has 20 heavy (non-hydrogen) atoms. The Labute approximate surface area is 122 Å². The van der Waals surface area contributed by atoms with E-state index >= 15 is 0 Å². The Morgan fingerprint density at radius 2 is 1.70 bits per heavy atom. The molecule has 1 fully saturated rings. The number of anilines is 1. The van der Waals surface area contributed by atoms with Gasteiger partial charge in [0.25, 0.3) is 0 Å². The van der Waals surface area contributed by atoms with Gasteiger partial charge in [0, 0.05) is 19.3 Å². The van der Waals surface area contributed by atoms with Gasteiger partial charge >= 0.3 is 7.12 Å². The molecule has 2 heterocycles. The quantitative estimate of drug-likeness (QED) is 0.792. The van der Waals surface area contributed by atoms with Crippen molar-refractivity contribution in [3.63, 3.8) is 0 Å². The van der Waals surface area contributed by atoms with Gasteiger partial charge in [-0.15, -0.1) is 0 Å². The average molecular weight is 276 g/mol. The Bertz CT molecular complexity index is 487. The van der Waals surface area contributed by atoms with Crippen LogP contribution >= 0.6 is 0 Å². The van der Waals surface area contributed by atoms with Gasteiger partial charge in [0.05, 0.1) is 11.2 Å². The third-order valence-electron chi connectivity index (χ3n) is 4.35. The smallest absolute Gasteiger partial charge is 0.399 e. The van der Waals surface area contributed by atoms with Gasteiger partial charge in [0.1, 0.15) is 5.82 Å². The molecular weight excluding hydrogens is 251 g/mol. The third-order valence-corrected chi connectivity index (χ3v) is 4.35. The van der Waals surface area contributed by atoms with Gasteiger partial charge in [-0.05, 0) is 59.1 Å². The first kappa shape index (κ1) is 15.3. The van der Waals surface area contributed by atoms with Crippen LogP contribution in [0.2, 0.25) is 0 Å². The van der Waals surface area contributed by atoms with Gasteiger partial charge < -0.3 is 14.2 Å². The largest absolute Gasteiger partial charge is 0.495 e. The van der Waals surface area contributed by atoms with Gasteiger partial charge in [-0.1, -0.05) is 0 Å². The van der Waals surface area contributed by atoms with E-state index in [1.807, 2.05) is 20.0 Å². The van der Waals surface area contributed by atoms with Crippen molar-refractivity contribution in [2.75, 3.05) is 18.5 Å². The predicted molar refractivity (Wildman–Crippen MR) is 83.6 cm³/mol. The summed E-state index contributed by atoms with van der Waals surface area (Å²) in [7, 11) is 1.71. The molecule has 0 bridgehead atoms. The standard InChI is InChI=1S/C15H25BN2O2/c1-8-18(7)13-10-12(9-11(2)17-13)16-19-14(3,4)15(5,6)20-16/h9-10H,8H2,1-7H3. The summed E-state index contributed by atoms with van der Waals surface area (Å²) in [4.78, 5) is 6.68. The van der Waals surface area contributed by atoms with Crippen LogP contribution in [0, 0.1) is 6.92 Å². The van der Waals surface area contributed by atoms with Crippen LogP contribution in [-0.2, 0) is 9.31 Å². The van der Waals surface area contributed by atoms with E-state index in [1.54, 1.807) is 0 Å². The maximum Gasteiger partial charge on any atom is 0.495 e. The van der Waals surface area contributed by atoms with E-state index in [4.69, 9.17) is 9.31 Å². The fraction of sp³-hybridized carbons (Fsp3) is 0.667. The van der Waals surface area contributed by atoms with Gasteiger partial charge in [0.2, 0.25) is 0 Å². The molecule has 1 aliphatic heterocycles. The molecule has 2 rings (SSSR count). The molecule has 1 saturated heterocycles. The molecule has 0 saturated carbocycles. The molecule has 110 valence electrons. The molecule has 1 aromatic rings. The lowest BCUT2D eigenvalue weighted by Crippen LogP contribution is -2.41. The second-order valence-electron chi connectivity index (χ2n) is 6.50. The minimum absolute atomic E-state index is 0.314. The number of hydrogen-bond acceptors (Lipinski definition) is 4. The number of hydrogen-bond donors (Lipinski definition) is 0. The van der Waals surface area contributed by atoms with Crippen molar-refractivity contribution in [3.8, 4) is 0 Å². The zero-order valence-electron chi connectivity index (χ0n) is 13.7. The van der Waals surface area contributed by atoms with E-state index in [0.717, 1.165) is 23.5 Å². The van der Waals surface area contributed by atoms with Gasteiger partial charge in [-0.3, -0.25) is 0 Å². The van der Waals surface area contributed by atoms with Crippen LogP contribution in [-0.4, -0.2) is 36.9 Å². The van der Waals surface area contributed by atoms with E-state index < -0.39 is 0 Å². The summed E-state index contributed by atoms with van der Waals surface area (Å²) in [5.74, 6) is 0.956. The Morgan fingerprint density at radius 3 is 2.20 bits per heavy atom. The molecule has 1 aromatic heterocycles. The first-order valence-corrected chi connectivity index (χ1v) is 7.21. The first-order valence-electron chi connectivity index (χ1n) is 7.21. The van der Waals surface area contributed by atoms with Crippen molar-refractivity contribution in [1.29, 1.82) is 0 Å². The van der Waals surface area contributed by atoms with Gasteiger partial charge in [0.15, 0.2) is 0 Å². The summed E-state index contributed by atoms with van der Waals surface area (Å²) < 4.78 is 12.2. The number of rotatable bonds is 3. The van der Waals surface area contributed by atoms with E-state index in [0.29, 0.717) is 0 Å². The Kier molecular flexibility index (Phi) is 3.86. The summed E-state index contributed by atoms with van der Waals surface area (Å²) in [5.41, 5.74) is 1.39. The summed E-state index contributed by atoms with van der Waals surface area (Å²) in [5, 5.41) is 0. The number of pyridine rings is 1. The highest BCUT2D eigenvalue weighted by molar-refractivity contribution is 6.62. The highest BCUT2D eigenvalue weighted by Gasteiger charge is 2.51. The Balaban J connectivity index is 2.33. The van der Waals surface area contributed by atoms with Crippen LogP contribution in [0.15, 0.2) is 12.1 Å². The number of aryl methyl sites for hydroxylation is 1. The van der Waals surface area contributed by atoms with Crippen molar-refractivity contribution in [2.24, 2.45) is 0 Å². The second-order valence-corrected chi connectivity index (χ2v) is 6.50. The van der Waals surface area contributed by atoms with Crippen LogP contribution in [0.4, 0.5) is 5.82 Å². The molecule has 0 aliphatic carbocycles. The van der Waals surface area contributed by atoms with E-state index in [-0.39, 0.29) is 18.3 Å². The normalized spacial score (nSPS) is 20.2. The molecule has 0 N–H and O–H groups in total. The average Bonchev–Trinajstić information content (AvgIpc) is 2.57. The van der Waals surface area contributed by atoms with Crippen LogP contribution in [0.25, 0.3) is 0 Å². The lowest BCUT2D eigenvalue weighted by molar-refractivity contribution is 0.00578. The number of aromatic nitrogens is 1. The zero-order chi connectivity index (χ0) is 15.1. The lowest BCUT2D eigenvalue weighted by atomic mass is 9.79. The molecule has 4 nitrogen and oxygen atoms in total. The van der Waals surface area contributed by atoms with Crippen molar-refractivity contribution in [3.05, 3.63) is 17.8 Å². The van der Waals surface area contributed by atoms with E-state index in [1.165, 1.54) is 0 Å². The Hall–Kier alpha value is -1.07. The summed E-state index contributed by atoms with van der Waals surface area (Å²) in [6.45, 7) is 13.3. The fourth-order valence-corrected chi connectivity index (χ4v) is 2.15. The summed E-state index contributed by atoms with van der Waals surface area (Å²) in [6, 6.07) is 4.09. The molecular formula is C15H25BN2O2. The maximum absolute atomic E-state index is 6.10. The van der Waals surface area contributed by atoms with Crippen LogP contribution < -0.4 is 10.4 Å².